The molecule has 0 amide bonds. The Hall–Kier alpha value is -3.56. The highest BCUT2D eigenvalue weighted by Gasteiger charge is 2.21. The van der Waals surface area contributed by atoms with E-state index in [0.717, 1.165) is 11.6 Å². The first-order valence-corrected chi connectivity index (χ1v) is 10.0. The number of carbonyl (C=O) groups excluding carboxylic acids is 1. The van der Waals surface area contributed by atoms with Crippen molar-refractivity contribution >= 4 is 44.0 Å². The summed E-state index contributed by atoms with van der Waals surface area (Å²) in [6, 6.07) is 17.1. The van der Waals surface area contributed by atoms with Crippen LogP contribution in [0.5, 0.6) is 0 Å². The van der Waals surface area contributed by atoms with E-state index in [4.69, 9.17) is 4.42 Å². The maximum absolute atomic E-state index is 12.4. The minimum atomic E-state index is -4.48. The molecular formula is C20H15N3O5S. The Bertz CT molecular complexity index is 1340. The molecule has 0 aliphatic heterocycles. The van der Waals surface area contributed by atoms with E-state index < -0.39 is 15.9 Å². The Kier molecular flexibility index (Phi) is 4.83. The van der Waals surface area contributed by atoms with Crippen molar-refractivity contribution in [3.05, 3.63) is 72.1 Å². The van der Waals surface area contributed by atoms with Crippen molar-refractivity contribution in [2.75, 3.05) is 6.54 Å². The van der Waals surface area contributed by atoms with E-state index >= 15 is 0 Å². The molecule has 2 N–H and O–H groups in total. The zero-order chi connectivity index (χ0) is 20.4. The van der Waals surface area contributed by atoms with E-state index in [2.05, 4.69) is 15.5 Å². The monoisotopic (exact) mass is 409 g/mol. The summed E-state index contributed by atoms with van der Waals surface area (Å²) in [6.07, 6.45) is 1.57. The third kappa shape index (κ3) is 3.86. The third-order valence-corrected chi connectivity index (χ3v) is 5.12. The first kappa shape index (κ1) is 18.8. The van der Waals surface area contributed by atoms with Crippen LogP contribution in [0.4, 0.5) is 0 Å². The molecule has 1 aromatic heterocycles. The number of hydrazone groups is 1. The van der Waals surface area contributed by atoms with Gasteiger partial charge in [0.25, 0.3) is 16.0 Å². The number of benzene rings is 3. The highest BCUT2D eigenvalue weighted by atomic mass is 32.2. The Morgan fingerprint density at radius 3 is 2.52 bits per heavy atom. The van der Waals surface area contributed by atoms with E-state index in [1.54, 1.807) is 30.5 Å². The topological polar surface area (TPSA) is 122 Å². The Labute approximate surface area is 165 Å². The molecular weight excluding hydrogens is 394 g/mol. The van der Waals surface area contributed by atoms with Crippen molar-refractivity contribution in [3.8, 4) is 0 Å². The van der Waals surface area contributed by atoms with Crippen molar-refractivity contribution < 1.29 is 22.2 Å². The lowest BCUT2D eigenvalue weighted by molar-refractivity contribution is 0.0961. The molecule has 4 aromatic rings. The normalized spacial score (nSPS) is 12.0. The number of hydrogen-bond donors (Lipinski definition) is 2. The number of aromatic nitrogens is 1. The number of nitrogens with zero attached hydrogens (tertiary/aromatic N) is 2. The quantitative estimate of drug-likeness (QED) is 0.217. The predicted octanol–water partition coefficient (Wildman–Crippen LogP) is 3.03. The van der Waals surface area contributed by atoms with Gasteiger partial charge in [-0.25, -0.2) is 4.98 Å². The van der Waals surface area contributed by atoms with Gasteiger partial charge in [0.05, 0.1) is 6.21 Å². The summed E-state index contributed by atoms with van der Waals surface area (Å²) in [5.74, 6) is -0.635. The van der Waals surface area contributed by atoms with Crippen LogP contribution in [0.15, 0.2) is 75.1 Å². The Morgan fingerprint density at radius 1 is 1.10 bits per heavy atom. The Morgan fingerprint density at radius 2 is 1.79 bits per heavy atom. The fourth-order valence-corrected chi connectivity index (χ4v) is 3.62. The van der Waals surface area contributed by atoms with Crippen LogP contribution in [0.3, 0.4) is 0 Å². The molecule has 8 nitrogen and oxygen atoms in total. The molecule has 29 heavy (non-hydrogen) atoms. The van der Waals surface area contributed by atoms with Gasteiger partial charge in [-0.3, -0.25) is 9.35 Å². The van der Waals surface area contributed by atoms with Gasteiger partial charge >= 0.3 is 0 Å². The molecule has 9 heteroatoms. The molecule has 0 bridgehead atoms. The van der Waals surface area contributed by atoms with Gasteiger partial charge in [0.1, 0.15) is 17.0 Å². The maximum Gasteiger partial charge on any atom is 0.295 e. The summed E-state index contributed by atoms with van der Waals surface area (Å²) >= 11 is 0. The summed E-state index contributed by atoms with van der Waals surface area (Å²) in [5.41, 5.74) is 3.93. The molecule has 4 rings (SSSR count). The second kappa shape index (κ2) is 7.46. The fourth-order valence-electron chi connectivity index (χ4n) is 2.91. The van der Waals surface area contributed by atoms with Gasteiger partial charge in [0.2, 0.25) is 5.78 Å². The van der Waals surface area contributed by atoms with Gasteiger partial charge in [-0.2, -0.15) is 13.5 Å². The number of Topliss-reactive ketones (excluding diaryl/α,β-unsaturated/α-hetero) is 1. The molecule has 3 aromatic carbocycles. The summed E-state index contributed by atoms with van der Waals surface area (Å²) < 4.78 is 38.4. The molecule has 1 heterocycles. The maximum atomic E-state index is 12.4. The van der Waals surface area contributed by atoms with E-state index in [-0.39, 0.29) is 22.9 Å². The van der Waals surface area contributed by atoms with Crippen LogP contribution in [0.1, 0.15) is 16.2 Å². The van der Waals surface area contributed by atoms with Gasteiger partial charge in [-0.15, -0.1) is 0 Å². The summed E-state index contributed by atoms with van der Waals surface area (Å²) in [4.78, 5) is 16.3. The largest absolute Gasteiger partial charge is 0.434 e. The van der Waals surface area contributed by atoms with E-state index in [9.17, 15) is 17.8 Å². The molecule has 0 saturated carbocycles. The first-order chi connectivity index (χ1) is 13.9. The van der Waals surface area contributed by atoms with E-state index in [1.807, 2.05) is 30.3 Å². The van der Waals surface area contributed by atoms with Crippen LogP contribution >= 0.6 is 0 Å². The second-order valence-corrected chi connectivity index (χ2v) is 7.58. The number of fused-ring (bicyclic) bond motifs is 3. The number of carbonyl (C=O) groups is 1. The predicted molar refractivity (Wildman–Crippen MR) is 108 cm³/mol. The molecule has 0 unspecified atom stereocenters. The second-order valence-electron chi connectivity index (χ2n) is 6.19. The number of ketones is 1. The zero-order valence-corrected chi connectivity index (χ0v) is 15.8. The number of oxazole rings is 1. The number of hydrogen-bond acceptors (Lipinski definition) is 7. The van der Waals surface area contributed by atoms with Crippen molar-refractivity contribution in [1.82, 2.24) is 10.4 Å². The van der Waals surface area contributed by atoms with E-state index in [0.29, 0.717) is 16.3 Å². The summed E-state index contributed by atoms with van der Waals surface area (Å²) in [6.45, 7) is -0.154. The summed E-state index contributed by atoms with van der Waals surface area (Å²) in [7, 11) is -4.48. The fraction of sp³-hybridized carbons (Fsp3) is 0.0500. The molecule has 0 aliphatic carbocycles. The first-order valence-electron chi connectivity index (χ1n) is 8.57. The van der Waals surface area contributed by atoms with Crippen LogP contribution in [-0.2, 0) is 10.1 Å². The lowest BCUT2D eigenvalue weighted by Gasteiger charge is -2.03. The minimum absolute atomic E-state index is 0.0902. The van der Waals surface area contributed by atoms with Crippen LogP contribution in [0.25, 0.3) is 21.9 Å². The van der Waals surface area contributed by atoms with Crippen molar-refractivity contribution in [1.29, 1.82) is 0 Å². The zero-order valence-electron chi connectivity index (χ0n) is 14.9. The molecule has 146 valence electrons. The standard InChI is InChI=1S/C20H15N3O5S/c24-16(12-22-21-11-13-6-2-1-3-7-13)20-23-19-15-9-5-4-8-14(15)18(29(25,26)27)10-17(19)28-20/h1-11,22H,12H2,(H,25,26,27)/b21-11+. The number of nitrogens with one attached hydrogen (secondary N) is 1. The minimum Gasteiger partial charge on any atom is -0.434 e. The average Bonchev–Trinajstić information content (AvgIpc) is 3.15. The van der Waals surface area contributed by atoms with Gasteiger partial charge in [-0.1, -0.05) is 54.6 Å². The Balaban J connectivity index is 1.63. The lowest BCUT2D eigenvalue weighted by atomic mass is 10.1. The van der Waals surface area contributed by atoms with Crippen LogP contribution in [0, 0.1) is 0 Å². The van der Waals surface area contributed by atoms with Crippen LogP contribution in [-0.4, -0.2) is 36.5 Å². The average molecular weight is 409 g/mol. The van der Waals surface area contributed by atoms with Crippen molar-refractivity contribution in [3.63, 3.8) is 0 Å². The van der Waals surface area contributed by atoms with Gasteiger partial charge in [0, 0.05) is 16.8 Å². The third-order valence-electron chi connectivity index (χ3n) is 4.22. The molecule has 0 aliphatic rings. The molecule has 0 fully saturated rings. The van der Waals surface area contributed by atoms with Crippen LogP contribution in [0.2, 0.25) is 0 Å². The van der Waals surface area contributed by atoms with Gasteiger partial charge in [0.15, 0.2) is 5.58 Å². The highest BCUT2D eigenvalue weighted by molar-refractivity contribution is 7.86. The highest BCUT2D eigenvalue weighted by Crippen LogP contribution is 2.31. The summed E-state index contributed by atoms with van der Waals surface area (Å²) in [5, 5.41) is 4.73. The molecule has 0 atom stereocenters. The van der Waals surface area contributed by atoms with Gasteiger partial charge in [-0.05, 0) is 5.56 Å². The number of rotatable bonds is 6. The van der Waals surface area contributed by atoms with Crippen molar-refractivity contribution in [2.45, 2.75) is 4.90 Å². The molecule has 0 radical (unpaired) electrons. The molecule has 0 spiro atoms. The SMILES string of the molecule is O=C(CN/N=C/c1ccccc1)c1nc2c(cc(S(=O)(=O)O)c3ccccc32)o1. The lowest BCUT2D eigenvalue weighted by Crippen LogP contribution is -2.18. The van der Waals surface area contributed by atoms with Crippen molar-refractivity contribution in [2.24, 2.45) is 5.10 Å². The van der Waals surface area contributed by atoms with E-state index in [1.165, 1.54) is 0 Å². The smallest absolute Gasteiger partial charge is 0.295 e. The molecule has 0 saturated heterocycles. The van der Waals surface area contributed by atoms with Crippen LogP contribution < -0.4 is 5.43 Å². The van der Waals surface area contributed by atoms with Gasteiger partial charge < -0.3 is 9.84 Å².